The molecule has 0 spiro atoms. The van der Waals surface area contributed by atoms with Gasteiger partial charge in [-0.3, -0.25) is 19.5 Å². The Hall–Kier alpha value is -1.73. The normalized spacial score (nSPS) is 17.0. The van der Waals surface area contributed by atoms with Gasteiger partial charge in [-0.25, -0.2) is 0 Å². The summed E-state index contributed by atoms with van der Waals surface area (Å²) in [6, 6.07) is 3.64. The summed E-state index contributed by atoms with van der Waals surface area (Å²) in [6.07, 6.45) is 5.48. The second kappa shape index (κ2) is 6.62. The number of aromatic nitrogens is 1. The highest BCUT2D eigenvalue weighted by molar-refractivity contribution is 8.26. The monoisotopic (exact) mass is 308 g/mol. The van der Waals surface area contributed by atoms with Crippen LogP contribution in [0.5, 0.6) is 0 Å². The lowest BCUT2D eigenvalue weighted by Crippen LogP contribution is -2.29. The number of amides is 1. The highest BCUT2D eigenvalue weighted by Crippen LogP contribution is 2.32. The molecule has 0 unspecified atom stereocenters. The van der Waals surface area contributed by atoms with Gasteiger partial charge in [0, 0.05) is 25.4 Å². The summed E-state index contributed by atoms with van der Waals surface area (Å²) in [5.74, 6) is -1.05. The third-order valence-electron chi connectivity index (χ3n) is 2.63. The van der Waals surface area contributed by atoms with Crippen molar-refractivity contribution in [1.82, 2.24) is 9.88 Å². The molecule has 7 heteroatoms. The maximum Gasteiger partial charge on any atom is 0.303 e. The molecule has 5 nitrogen and oxygen atoms in total. The summed E-state index contributed by atoms with van der Waals surface area (Å²) < 4.78 is 0.468. The molecule has 2 rings (SSSR count). The van der Waals surface area contributed by atoms with Gasteiger partial charge < -0.3 is 5.11 Å². The minimum atomic E-state index is -0.874. The molecule has 1 aliphatic heterocycles. The van der Waals surface area contributed by atoms with Crippen LogP contribution in [0.25, 0.3) is 6.08 Å². The minimum absolute atomic E-state index is 0.0265. The molecular formula is C13H12N2O3S2. The Morgan fingerprint density at radius 3 is 3.00 bits per heavy atom. The number of hydrogen-bond acceptors (Lipinski definition) is 5. The summed E-state index contributed by atoms with van der Waals surface area (Å²) in [5.41, 5.74) is 0.832. The molecule has 2 heterocycles. The first-order valence-corrected chi connectivity index (χ1v) is 7.17. The van der Waals surface area contributed by atoms with Crippen molar-refractivity contribution in [2.45, 2.75) is 12.8 Å². The Balaban J connectivity index is 2.05. The van der Waals surface area contributed by atoms with E-state index in [0.717, 1.165) is 5.56 Å². The van der Waals surface area contributed by atoms with Gasteiger partial charge in [-0.2, -0.15) is 0 Å². The predicted molar refractivity (Wildman–Crippen MR) is 81.0 cm³/mol. The number of rotatable bonds is 5. The Morgan fingerprint density at radius 1 is 1.55 bits per heavy atom. The zero-order valence-electron chi connectivity index (χ0n) is 10.5. The molecule has 1 fully saturated rings. The first-order valence-electron chi connectivity index (χ1n) is 5.95. The third-order valence-corrected chi connectivity index (χ3v) is 4.01. The molecule has 20 heavy (non-hydrogen) atoms. The molecular weight excluding hydrogens is 296 g/mol. The molecule has 1 aromatic rings. The van der Waals surface area contributed by atoms with Gasteiger partial charge >= 0.3 is 5.97 Å². The molecule has 0 atom stereocenters. The average molecular weight is 308 g/mol. The van der Waals surface area contributed by atoms with E-state index in [1.807, 2.05) is 6.07 Å². The number of thioether (sulfide) groups is 1. The van der Waals surface area contributed by atoms with E-state index in [1.165, 1.54) is 16.7 Å². The molecule has 0 saturated carbocycles. The maximum absolute atomic E-state index is 12.2. The highest BCUT2D eigenvalue weighted by atomic mass is 32.2. The number of carbonyl (C=O) groups is 2. The van der Waals surface area contributed by atoms with Crippen molar-refractivity contribution in [3.63, 3.8) is 0 Å². The summed E-state index contributed by atoms with van der Waals surface area (Å²) in [7, 11) is 0. The SMILES string of the molecule is O=C(O)CCCN1C(=O)/C(=C/c2cccnc2)SC1=S. The van der Waals surface area contributed by atoms with Crippen molar-refractivity contribution in [2.24, 2.45) is 0 Å². The first-order chi connectivity index (χ1) is 9.58. The van der Waals surface area contributed by atoms with Crippen LogP contribution in [0, 0.1) is 0 Å². The molecule has 1 saturated heterocycles. The molecule has 1 N–H and O–H groups in total. The van der Waals surface area contributed by atoms with E-state index in [2.05, 4.69) is 4.98 Å². The fraction of sp³-hybridized carbons (Fsp3) is 0.231. The Labute approximate surface area is 125 Å². The number of aliphatic carboxylic acids is 1. The highest BCUT2D eigenvalue weighted by Gasteiger charge is 2.31. The van der Waals surface area contributed by atoms with E-state index in [9.17, 15) is 9.59 Å². The standard InChI is InChI=1S/C13H12N2O3S2/c16-11(17)4-2-6-15-12(18)10(20-13(15)19)7-9-3-1-5-14-8-9/h1,3,5,7-8H,2,4,6H2,(H,16,17)/b10-7-. The topological polar surface area (TPSA) is 70.5 Å². The molecule has 1 aromatic heterocycles. The number of thiocarbonyl (C=S) groups is 1. The van der Waals surface area contributed by atoms with Gasteiger partial charge in [0.05, 0.1) is 4.91 Å². The predicted octanol–water partition coefficient (Wildman–Crippen LogP) is 2.15. The number of carboxylic acid groups (broad SMARTS) is 1. The van der Waals surface area contributed by atoms with E-state index in [-0.39, 0.29) is 12.3 Å². The van der Waals surface area contributed by atoms with Crippen molar-refractivity contribution in [3.05, 3.63) is 35.0 Å². The van der Waals surface area contributed by atoms with Gasteiger partial charge in [0.1, 0.15) is 4.32 Å². The fourth-order valence-corrected chi connectivity index (χ4v) is 3.00. The van der Waals surface area contributed by atoms with E-state index < -0.39 is 5.97 Å². The van der Waals surface area contributed by atoms with Gasteiger partial charge in [-0.05, 0) is 24.1 Å². The fourth-order valence-electron chi connectivity index (χ4n) is 1.69. The summed E-state index contributed by atoms with van der Waals surface area (Å²) in [6.45, 7) is 0.335. The van der Waals surface area contributed by atoms with Gasteiger partial charge in [0.2, 0.25) is 0 Å². The Morgan fingerprint density at radius 2 is 2.35 bits per heavy atom. The summed E-state index contributed by atoms with van der Waals surface area (Å²) in [4.78, 5) is 28.6. The number of hydrogen-bond donors (Lipinski definition) is 1. The van der Waals surface area contributed by atoms with Crippen LogP contribution in [0.15, 0.2) is 29.4 Å². The smallest absolute Gasteiger partial charge is 0.303 e. The van der Waals surface area contributed by atoms with Crippen LogP contribution in [0.3, 0.4) is 0 Å². The van der Waals surface area contributed by atoms with Gasteiger partial charge in [-0.1, -0.05) is 30.0 Å². The van der Waals surface area contributed by atoms with Crippen molar-refractivity contribution in [2.75, 3.05) is 6.54 Å². The molecule has 0 radical (unpaired) electrons. The lowest BCUT2D eigenvalue weighted by atomic mass is 10.2. The second-order valence-corrected chi connectivity index (χ2v) is 5.79. The summed E-state index contributed by atoms with van der Waals surface area (Å²) in [5, 5.41) is 8.61. The Kier molecular flexibility index (Phi) is 4.86. The maximum atomic E-state index is 12.2. The lowest BCUT2D eigenvalue weighted by molar-refractivity contribution is -0.137. The molecule has 104 valence electrons. The lowest BCUT2D eigenvalue weighted by Gasteiger charge is -2.13. The second-order valence-electron chi connectivity index (χ2n) is 4.12. The van der Waals surface area contributed by atoms with E-state index in [4.69, 9.17) is 17.3 Å². The molecule has 0 aromatic carbocycles. The van der Waals surface area contributed by atoms with E-state index >= 15 is 0 Å². The zero-order valence-corrected chi connectivity index (χ0v) is 12.1. The minimum Gasteiger partial charge on any atom is -0.481 e. The number of nitrogens with zero attached hydrogens (tertiary/aromatic N) is 2. The van der Waals surface area contributed by atoms with E-state index in [1.54, 1.807) is 24.5 Å². The summed E-state index contributed by atoms with van der Waals surface area (Å²) >= 11 is 6.38. The van der Waals surface area contributed by atoms with E-state index in [0.29, 0.717) is 22.2 Å². The van der Waals surface area contributed by atoms with Crippen LogP contribution < -0.4 is 0 Å². The molecule has 1 aliphatic rings. The first kappa shape index (κ1) is 14.7. The van der Waals surface area contributed by atoms with Crippen LogP contribution in [0.2, 0.25) is 0 Å². The van der Waals surface area contributed by atoms with Gasteiger partial charge in [-0.15, -0.1) is 0 Å². The van der Waals surface area contributed by atoms with Crippen LogP contribution in [-0.2, 0) is 9.59 Å². The van der Waals surface area contributed by atoms with Crippen LogP contribution in [0.1, 0.15) is 18.4 Å². The largest absolute Gasteiger partial charge is 0.481 e. The van der Waals surface area contributed by atoms with Crippen LogP contribution in [-0.4, -0.2) is 37.7 Å². The quantitative estimate of drug-likeness (QED) is 0.664. The average Bonchev–Trinajstić information content (AvgIpc) is 2.67. The number of pyridine rings is 1. The van der Waals surface area contributed by atoms with Crippen LogP contribution >= 0.6 is 24.0 Å². The van der Waals surface area contributed by atoms with Crippen molar-refractivity contribution < 1.29 is 14.7 Å². The number of carbonyl (C=O) groups excluding carboxylic acids is 1. The van der Waals surface area contributed by atoms with Gasteiger partial charge in [0.15, 0.2) is 0 Å². The molecule has 0 bridgehead atoms. The molecule has 1 amide bonds. The van der Waals surface area contributed by atoms with Crippen LogP contribution in [0.4, 0.5) is 0 Å². The zero-order chi connectivity index (χ0) is 14.5. The van der Waals surface area contributed by atoms with Crippen molar-refractivity contribution >= 4 is 46.3 Å². The van der Waals surface area contributed by atoms with Gasteiger partial charge in [0.25, 0.3) is 5.91 Å². The number of carboxylic acids is 1. The third kappa shape index (κ3) is 3.64. The molecule has 0 aliphatic carbocycles. The van der Waals surface area contributed by atoms with Crippen molar-refractivity contribution in [3.8, 4) is 0 Å². The Bertz CT molecular complexity index is 572. The van der Waals surface area contributed by atoms with Crippen molar-refractivity contribution in [1.29, 1.82) is 0 Å².